The van der Waals surface area contributed by atoms with Gasteiger partial charge < -0.3 is 20.3 Å². The van der Waals surface area contributed by atoms with Gasteiger partial charge in [0.15, 0.2) is 0 Å². The van der Waals surface area contributed by atoms with Crippen molar-refractivity contribution in [2.75, 3.05) is 43.6 Å². The summed E-state index contributed by atoms with van der Waals surface area (Å²) >= 11 is 3.47. The summed E-state index contributed by atoms with van der Waals surface area (Å²) in [5.41, 5.74) is 0. The molecule has 0 bridgehead atoms. The fourth-order valence-corrected chi connectivity index (χ4v) is 2.54. The van der Waals surface area contributed by atoms with E-state index < -0.39 is 0 Å². The largest absolute Gasteiger partial charge is 0.377 e. The van der Waals surface area contributed by atoms with Gasteiger partial charge in [-0.3, -0.25) is 4.79 Å². The number of likely N-dealkylation sites (N-methyl/N-ethyl adjacent to an activating group) is 1. The van der Waals surface area contributed by atoms with Crippen molar-refractivity contribution in [1.82, 2.24) is 15.3 Å². The molecule has 1 atom stereocenters. The quantitative estimate of drug-likeness (QED) is 0.818. The van der Waals surface area contributed by atoms with Crippen LogP contribution in [0.1, 0.15) is 13.3 Å². The summed E-state index contributed by atoms with van der Waals surface area (Å²) < 4.78 is 6.18. The maximum absolute atomic E-state index is 12.0. The molecule has 8 heteroatoms. The van der Waals surface area contributed by atoms with Crippen LogP contribution >= 0.6 is 15.9 Å². The number of anilines is 2. The Morgan fingerprint density at radius 3 is 3.14 bits per heavy atom. The van der Waals surface area contributed by atoms with Crippen LogP contribution in [-0.2, 0) is 9.53 Å². The van der Waals surface area contributed by atoms with Gasteiger partial charge in [-0.2, -0.15) is 4.98 Å². The van der Waals surface area contributed by atoms with Gasteiger partial charge >= 0.3 is 0 Å². The number of aromatic nitrogens is 2. The Labute approximate surface area is 132 Å². The Balaban J connectivity index is 2.26. The van der Waals surface area contributed by atoms with Gasteiger partial charge in [0.05, 0.1) is 17.7 Å². The van der Waals surface area contributed by atoms with Crippen LogP contribution in [0, 0.1) is 0 Å². The smallest absolute Gasteiger partial charge is 0.244 e. The Morgan fingerprint density at radius 1 is 1.62 bits per heavy atom. The molecule has 2 N–H and O–H groups in total. The molecule has 1 amide bonds. The Bertz CT molecular complexity index is 499. The molecule has 1 unspecified atom stereocenters. The zero-order valence-electron chi connectivity index (χ0n) is 12.2. The molecule has 7 nitrogen and oxygen atoms in total. The van der Waals surface area contributed by atoms with E-state index in [0.29, 0.717) is 31.5 Å². The van der Waals surface area contributed by atoms with Crippen molar-refractivity contribution in [3.8, 4) is 0 Å². The molecular formula is C13H20BrN5O2. The SMILES string of the molecule is CCCNc1ncc(Br)c(N2CCOCC2C(=O)NC)n1. The molecule has 0 saturated carbocycles. The number of nitrogens with one attached hydrogen (secondary N) is 2. The summed E-state index contributed by atoms with van der Waals surface area (Å²) in [7, 11) is 1.62. The molecule has 1 aliphatic heterocycles. The molecule has 1 aromatic heterocycles. The minimum absolute atomic E-state index is 0.0803. The number of carbonyl (C=O) groups is 1. The summed E-state index contributed by atoms with van der Waals surface area (Å²) in [6, 6.07) is -0.381. The average molecular weight is 358 g/mol. The van der Waals surface area contributed by atoms with E-state index in [4.69, 9.17) is 4.74 Å². The molecule has 1 fully saturated rings. The minimum atomic E-state index is -0.381. The van der Waals surface area contributed by atoms with E-state index in [9.17, 15) is 4.79 Å². The van der Waals surface area contributed by atoms with E-state index in [0.717, 1.165) is 17.4 Å². The van der Waals surface area contributed by atoms with E-state index in [2.05, 4.69) is 43.5 Å². The van der Waals surface area contributed by atoms with Gasteiger partial charge in [-0.25, -0.2) is 4.98 Å². The zero-order valence-corrected chi connectivity index (χ0v) is 13.8. The lowest BCUT2D eigenvalue weighted by Crippen LogP contribution is -2.53. The zero-order chi connectivity index (χ0) is 15.2. The van der Waals surface area contributed by atoms with E-state index in [-0.39, 0.29) is 11.9 Å². The first-order valence-corrected chi connectivity index (χ1v) is 7.79. The maximum atomic E-state index is 12.0. The average Bonchev–Trinajstić information content (AvgIpc) is 2.53. The third-order valence-electron chi connectivity index (χ3n) is 3.21. The molecule has 2 rings (SSSR count). The highest BCUT2D eigenvalue weighted by molar-refractivity contribution is 9.10. The van der Waals surface area contributed by atoms with Crippen LogP contribution in [0.3, 0.4) is 0 Å². The van der Waals surface area contributed by atoms with Crippen molar-refractivity contribution in [2.45, 2.75) is 19.4 Å². The number of nitrogens with zero attached hydrogens (tertiary/aromatic N) is 3. The highest BCUT2D eigenvalue weighted by Gasteiger charge is 2.31. The number of halogens is 1. The second-order valence-corrected chi connectivity index (χ2v) is 5.54. The third kappa shape index (κ3) is 3.82. The monoisotopic (exact) mass is 357 g/mol. The number of hydrogen-bond acceptors (Lipinski definition) is 6. The first-order valence-electron chi connectivity index (χ1n) is 6.99. The molecule has 21 heavy (non-hydrogen) atoms. The molecule has 0 aromatic carbocycles. The van der Waals surface area contributed by atoms with Crippen LogP contribution in [0.4, 0.5) is 11.8 Å². The van der Waals surface area contributed by atoms with Crippen LogP contribution in [-0.4, -0.2) is 55.3 Å². The van der Waals surface area contributed by atoms with E-state index >= 15 is 0 Å². The van der Waals surface area contributed by atoms with Gasteiger partial charge in [-0.05, 0) is 22.4 Å². The number of amides is 1. The third-order valence-corrected chi connectivity index (χ3v) is 3.77. The highest BCUT2D eigenvalue weighted by atomic mass is 79.9. The molecule has 0 radical (unpaired) electrons. The normalized spacial score (nSPS) is 18.4. The summed E-state index contributed by atoms with van der Waals surface area (Å²) in [6.07, 6.45) is 2.70. The topological polar surface area (TPSA) is 79.4 Å². The van der Waals surface area contributed by atoms with Crippen LogP contribution in [0.15, 0.2) is 10.7 Å². The van der Waals surface area contributed by atoms with Gasteiger partial charge in [-0.1, -0.05) is 6.92 Å². The van der Waals surface area contributed by atoms with E-state index in [1.54, 1.807) is 13.2 Å². The summed E-state index contributed by atoms with van der Waals surface area (Å²) in [5.74, 6) is 1.20. The van der Waals surface area contributed by atoms with Gasteiger partial charge in [0, 0.05) is 26.3 Å². The van der Waals surface area contributed by atoms with Crippen molar-refractivity contribution in [3.63, 3.8) is 0 Å². The van der Waals surface area contributed by atoms with Gasteiger partial charge in [0.1, 0.15) is 11.9 Å². The Morgan fingerprint density at radius 2 is 2.43 bits per heavy atom. The fourth-order valence-electron chi connectivity index (χ4n) is 2.12. The summed E-state index contributed by atoms with van der Waals surface area (Å²) in [5, 5.41) is 5.83. The van der Waals surface area contributed by atoms with Gasteiger partial charge in [0.25, 0.3) is 0 Å². The molecule has 2 heterocycles. The summed E-state index contributed by atoms with van der Waals surface area (Å²) in [6.45, 7) is 4.43. The first-order chi connectivity index (χ1) is 10.2. The van der Waals surface area contributed by atoms with Crippen LogP contribution < -0.4 is 15.5 Å². The van der Waals surface area contributed by atoms with Crippen molar-refractivity contribution in [1.29, 1.82) is 0 Å². The predicted molar refractivity (Wildman–Crippen MR) is 84.5 cm³/mol. The van der Waals surface area contributed by atoms with Crippen molar-refractivity contribution in [3.05, 3.63) is 10.7 Å². The minimum Gasteiger partial charge on any atom is -0.377 e. The number of rotatable bonds is 5. The lowest BCUT2D eigenvalue weighted by molar-refractivity contribution is -0.124. The first kappa shape index (κ1) is 16.0. The van der Waals surface area contributed by atoms with E-state index in [1.807, 2.05) is 4.90 Å². The molecule has 1 aliphatic rings. The number of morpholine rings is 1. The van der Waals surface area contributed by atoms with Gasteiger partial charge in [0.2, 0.25) is 11.9 Å². The Hall–Kier alpha value is -1.41. The number of hydrogen-bond donors (Lipinski definition) is 2. The molecule has 0 spiro atoms. The lowest BCUT2D eigenvalue weighted by Gasteiger charge is -2.35. The molecule has 0 aliphatic carbocycles. The highest BCUT2D eigenvalue weighted by Crippen LogP contribution is 2.27. The van der Waals surface area contributed by atoms with Crippen molar-refractivity contribution in [2.24, 2.45) is 0 Å². The van der Waals surface area contributed by atoms with Crippen molar-refractivity contribution >= 4 is 33.6 Å². The molecule has 116 valence electrons. The Kier molecular flexibility index (Phi) is 5.75. The molecule has 1 saturated heterocycles. The van der Waals surface area contributed by atoms with Gasteiger partial charge in [-0.15, -0.1) is 0 Å². The summed E-state index contributed by atoms with van der Waals surface area (Å²) in [4.78, 5) is 22.7. The number of carbonyl (C=O) groups excluding carboxylic acids is 1. The van der Waals surface area contributed by atoms with Crippen LogP contribution in [0.2, 0.25) is 0 Å². The second-order valence-electron chi connectivity index (χ2n) is 4.69. The molecule has 1 aromatic rings. The number of ether oxygens (including phenoxy) is 1. The fraction of sp³-hybridized carbons (Fsp3) is 0.615. The van der Waals surface area contributed by atoms with Crippen molar-refractivity contribution < 1.29 is 9.53 Å². The maximum Gasteiger partial charge on any atom is 0.244 e. The molecular weight excluding hydrogens is 338 g/mol. The second kappa shape index (κ2) is 7.56. The predicted octanol–water partition coefficient (Wildman–Crippen LogP) is 1.01. The standard InChI is InChI=1S/C13H20BrN5O2/c1-3-4-16-13-17-7-9(14)11(18-13)19-5-6-21-8-10(19)12(20)15-2/h7,10H,3-6,8H2,1-2H3,(H,15,20)(H,16,17,18). The van der Waals surface area contributed by atoms with E-state index in [1.165, 1.54) is 0 Å². The lowest BCUT2D eigenvalue weighted by atomic mass is 10.2. The van der Waals surface area contributed by atoms with Crippen LogP contribution in [0.25, 0.3) is 0 Å². The van der Waals surface area contributed by atoms with Crippen LogP contribution in [0.5, 0.6) is 0 Å².